The van der Waals surface area contributed by atoms with Crippen molar-refractivity contribution in [3.63, 3.8) is 0 Å². The molecular weight excluding hydrogens is 449 g/mol. The van der Waals surface area contributed by atoms with Gasteiger partial charge >= 0.3 is 6.18 Å². The second kappa shape index (κ2) is 8.24. The van der Waals surface area contributed by atoms with Gasteiger partial charge in [-0.3, -0.25) is 9.59 Å². The van der Waals surface area contributed by atoms with Gasteiger partial charge in [0.1, 0.15) is 5.56 Å². The van der Waals surface area contributed by atoms with Crippen molar-refractivity contribution >= 4 is 27.5 Å². The number of halogens is 4. The van der Waals surface area contributed by atoms with Crippen LogP contribution in [0.5, 0.6) is 0 Å². The van der Waals surface area contributed by atoms with E-state index in [1.165, 1.54) is 23.1 Å². The molecule has 1 aromatic heterocycles. The summed E-state index contributed by atoms with van der Waals surface area (Å²) in [6, 6.07) is 14.5. The molecule has 1 amide bonds. The molecule has 2 aromatic carbocycles. The van der Waals surface area contributed by atoms with Crippen LogP contribution in [0, 0.1) is 6.92 Å². The number of hydrogen-bond acceptors (Lipinski definition) is 2. The Hall–Kier alpha value is -2.87. The van der Waals surface area contributed by atoms with E-state index in [2.05, 4.69) is 20.9 Å². The average Bonchev–Trinajstić information content (AvgIpc) is 2.66. The van der Waals surface area contributed by atoms with Gasteiger partial charge in [-0.1, -0.05) is 34.1 Å². The number of carbonyl (C=O) groups is 1. The van der Waals surface area contributed by atoms with Crippen LogP contribution in [0.4, 0.5) is 18.9 Å². The smallest absolute Gasteiger partial charge is 0.326 e. The van der Waals surface area contributed by atoms with Gasteiger partial charge < -0.3 is 9.88 Å². The number of carbonyl (C=O) groups excluding carboxylic acids is 1. The van der Waals surface area contributed by atoms with Crippen molar-refractivity contribution < 1.29 is 18.0 Å². The van der Waals surface area contributed by atoms with E-state index in [1.54, 1.807) is 37.3 Å². The predicted octanol–water partition coefficient (Wildman–Crippen LogP) is 5.31. The third kappa shape index (κ3) is 4.95. The highest BCUT2D eigenvalue weighted by molar-refractivity contribution is 9.10. The maximum absolute atomic E-state index is 13.2. The highest BCUT2D eigenvalue weighted by atomic mass is 79.9. The Bertz CT molecular complexity index is 1090. The number of pyridine rings is 1. The number of anilines is 1. The van der Waals surface area contributed by atoms with Crippen LogP contribution in [0.3, 0.4) is 0 Å². The van der Waals surface area contributed by atoms with Gasteiger partial charge in [-0.2, -0.15) is 13.2 Å². The van der Waals surface area contributed by atoms with E-state index >= 15 is 0 Å². The minimum Gasteiger partial charge on any atom is -0.326 e. The van der Waals surface area contributed by atoms with E-state index in [0.717, 1.165) is 16.6 Å². The number of hydrogen-bond donors (Lipinski definition) is 1. The molecule has 1 heterocycles. The Morgan fingerprint density at radius 1 is 1.07 bits per heavy atom. The van der Waals surface area contributed by atoms with Crippen molar-refractivity contribution in [3.8, 4) is 0 Å². The van der Waals surface area contributed by atoms with Crippen LogP contribution in [0.25, 0.3) is 0 Å². The summed E-state index contributed by atoms with van der Waals surface area (Å²) in [5, 5.41) is 0. The number of amides is 1. The SMILES string of the molecule is Cc1ccc(C(=O)N(Cc2ccc(Br)cc2)c2cccc(C(F)(F)F)c2)c(=O)[nH]1. The number of alkyl halides is 3. The zero-order chi connectivity index (χ0) is 21.2. The third-order valence-corrected chi connectivity index (χ3v) is 4.80. The molecule has 0 fully saturated rings. The molecule has 0 saturated carbocycles. The van der Waals surface area contributed by atoms with Crippen LogP contribution in [-0.4, -0.2) is 10.9 Å². The molecule has 1 N–H and O–H groups in total. The van der Waals surface area contributed by atoms with Gasteiger partial charge in [0.2, 0.25) is 0 Å². The van der Waals surface area contributed by atoms with Crippen molar-refractivity contribution in [2.45, 2.75) is 19.6 Å². The maximum atomic E-state index is 13.2. The molecule has 3 aromatic rings. The molecule has 0 aliphatic rings. The minimum absolute atomic E-state index is 0.000734. The molecule has 0 aliphatic heterocycles. The van der Waals surface area contributed by atoms with Crippen molar-refractivity contribution in [1.29, 1.82) is 0 Å². The molecule has 0 saturated heterocycles. The topological polar surface area (TPSA) is 53.2 Å². The van der Waals surface area contributed by atoms with Crippen molar-refractivity contribution in [2.75, 3.05) is 4.90 Å². The largest absolute Gasteiger partial charge is 0.416 e. The van der Waals surface area contributed by atoms with E-state index in [9.17, 15) is 22.8 Å². The normalized spacial score (nSPS) is 11.3. The third-order valence-electron chi connectivity index (χ3n) is 4.27. The molecule has 150 valence electrons. The first-order chi connectivity index (χ1) is 13.6. The molecule has 0 radical (unpaired) electrons. The van der Waals surface area contributed by atoms with Gasteiger partial charge in [-0.25, -0.2) is 0 Å². The molecule has 8 heteroatoms. The molecule has 4 nitrogen and oxygen atoms in total. The maximum Gasteiger partial charge on any atom is 0.416 e. The fourth-order valence-corrected chi connectivity index (χ4v) is 3.05. The van der Waals surface area contributed by atoms with Crippen molar-refractivity contribution in [3.05, 3.63) is 97.9 Å². The lowest BCUT2D eigenvalue weighted by Crippen LogP contribution is -2.34. The Balaban J connectivity index is 2.07. The Morgan fingerprint density at radius 2 is 1.76 bits per heavy atom. The van der Waals surface area contributed by atoms with Crippen molar-refractivity contribution in [2.24, 2.45) is 0 Å². The molecule has 0 bridgehead atoms. The van der Waals surface area contributed by atoms with Crippen LogP contribution in [0.15, 0.2) is 69.9 Å². The monoisotopic (exact) mass is 464 g/mol. The van der Waals surface area contributed by atoms with Gasteiger partial charge in [0.25, 0.3) is 11.5 Å². The summed E-state index contributed by atoms with van der Waals surface area (Å²) in [6.07, 6.45) is -4.55. The second-order valence-corrected chi connectivity index (χ2v) is 7.37. The zero-order valence-electron chi connectivity index (χ0n) is 15.3. The van der Waals surface area contributed by atoms with E-state index < -0.39 is 23.2 Å². The van der Waals surface area contributed by atoms with E-state index in [4.69, 9.17) is 0 Å². The number of aromatic amines is 1. The van der Waals surface area contributed by atoms with Crippen LogP contribution in [0.1, 0.15) is 27.2 Å². The van der Waals surface area contributed by atoms with Crippen LogP contribution < -0.4 is 10.5 Å². The summed E-state index contributed by atoms with van der Waals surface area (Å²) >= 11 is 3.32. The fourth-order valence-electron chi connectivity index (χ4n) is 2.79. The highest BCUT2D eigenvalue weighted by Gasteiger charge is 2.31. The number of aromatic nitrogens is 1. The van der Waals surface area contributed by atoms with Gasteiger partial charge in [-0.05, 0) is 55.0 Å². The summed E-state index contributed by atoms with van der Waals surface area (Å²) in [4.78, 5) is 29.1. The molecule has 29 heavy (non-hydrogen) atoms. The lowest BCUT2D eigenvalue weighted by molar-refractivity contribution is -0.137. The second-order valence-electron chi connectivity index (χ2n) is 6.45. The zero-order valence-corrected chi connectivity index (χ0v) is 16.8. The predicted molar refractivity (Wildman–Crippen MR) is 108 cm³/mol. The van der Waals surface area contributed by atoms with Gasteiger partial charge in [-0.15, -0.1) is 0 Å². The summed E-state index contributed by atoms with van der Waals surface area (Å²) in [5.41, 5.74) is -0.297. The molecule has 3 rings (SSSR count). The van der Waals surface area contributed by atoms with Crippen LogP contribution in [0.2, 0.25) is 0 Å². The minimum atomic E-state index is -4.55. The molecule has 0 spiro atoms. The van der Waals surface area contributed by atoms with E-state index in [1.807, 2.05) is 0 Å². The molecule has 0 atom stereocenters. The Labute approximate surface area is 173 Å². The molecular formula is C21H16BrF3N2O2. The summed E-state index contributed by atoms with van der Waals surface area (Å²) < 4.78 is 40.3. The van der Waals surface area contributed by atoms with Gasteiger partial charge in [0.15, 0.2) is 0 Å². The van der Waals surface area contributed by atoms with Gasteiger partial charge in [0, 0.05) is 15.9 Å². The van der Waals surface area contributed by atoms with Crippen molar-refractivity contribution in [1.82, 2.24) is 4.98 Å². The fraction of sp³-hybridized carbons (Fsp3) is 0.143. The Kier molecular flexibility index (Phi) is 5.93. The quantitative estimate of drug-likeness (QED) is 0.568. The van der Waals surface area contributed by atoms with E-state index in [0.29, 0.717) is 11.3 Å². The highest BCUT2D eigenvalue weighted by Crippen LogP contribution is 2.32. The number of nitrogens with zero attached hydrogens (tertiary/aromatic N) is 1. The summed E-state index contributed by atoms with van der Waals surface area (Å²) in [5.74, 6) is -0.687. The first-order valence-corrected chi connectivity index (χ1v) is 9.38. The summed E-state index contributed by atoms with van der Waals surface area (Å²) in [6.45, 7) is 1.67. The number of aryl methyl sites for hydroxylation is 1. The van der Waals surface area contributed by atoms with Gasteiger partial charge in [0.05, 0.1) is 12.1 Å². The standard InChI is InChI=1S/C21H16BrF3N2O2/c1-13-5-10-18(19(28)26-13)20(29)27(12-14-6-8-16(22)9-7-14)17-4-2-3-15(11-17)21(23,24)25/h2-11H,12H2,1H3,(H,26,28). The molecule has 0 aliphatic carbocycles. The Morgan fingerprint density at radius 3 is 2.38 bits per heavy atom. The van der Waals surface area contributed by atoms with E-state index in [-0.39, 0.29) is 17.8 Å². The first-order valence-electron chi connectivity index (χ1n) is 8.58. The number of benzene rings is 2. The number of nitrogens with one attached hydrogen (secondary N) is 1. The number of rotatable bonds is 4. The van der Waals surface area contributed by atoms with Crippen LogP contribution in [-0.2, 0) is 12.7 Å². The number of H-pyrrole nitrogens is 1. The summed E-state index contributed by atoms with van der Waals surface area (Å²) in [7, 11) is 0. The lowest BCUT2D eigenvalue weighted by Gasteiger charge is -2.24. The van der Waals surface area contributed by atoms with Crippen LogP contribution >= 0.6 is 15.9 Å². The average molecular weight is 465 g/mol. The molecule has 0 unspecified atom stereocenters. The lowest BCUT2D eigenvalue weighted by atomic mass is 10.1. The first kappa shape index (κ1) is 20.9.